The van der Waals surface area contributed by atoms with Crippen molar-refractivity contribution in [1.82, 2.24) is 9.80 Å². The Morgan fingerprint density at radius 1 is 0.531 bits per heavy atom. The molecule has 8 aliphatic carbocycles. The van der Waals surface area contributed by atoms with Crippen molar-refractivity contribution in [3.8, 4) is 33.8 Å². The molecule has 0 radical (unpaired) electrons. The third-order valence-corrected chi connectivity index (χ3v) is 18.0. The highest BCUT2D eigenvalue weighted by atomic mass is 16.5. The number of hydrogen-bond acceptors (Lipinski definition) is 6. The summed E-state index contributed by atoms with van der Waals surface area (Å²) in [7, 11) is 4.36. The van der Waals surface area contributed by atoms with Gasteiger partial charge >= 0.3 is 0 Å². The average molecular weight is 859 g/mol. The fourth-order valence-corrected chi connectivity index (χ4v) is 15.1. The number of anilines is 2. The van der Waals surface area contributed by atoms with E-state index in [1.807, 2.05) is 6.07 Å². The number of amides is 2. The number of benzene rings is 4. The van der Waals surface area contributed by atoms with Crippen LogP contribution in [-0.4, -0.2) is 74.1 Å². The maximum atomic E-state index is 14.5. The molecule has 2 N–H and O–H groups in total. The molecule has 7 atom stereocenters. The Kier molecular flexibility index (Phi) is 10.2. The van der Waals surface area contributed by atoms with Crippen LogP contribution < -0.4 is 20.1 Å². The minimum atomic E-state index is -0.341. The van der Waals surface area contributed by atoms with Crippen LogP contribution in [0.5, 0.6) is 11.5 Å². The number of nitrogens with one attached hydrogen (secondary N) is 2. The molecule has 8 saturated carbocycles. The maximum absolute atomic E-state index is 14.5. The molecule has 8 heteroatoms. The second-order valence-corrected chi connectivity index (χ2v) is 22.2. The first-order valence-corrected chi connectivity index (χ1v) is 24.9. The van der Waals surface area contributed by atoms with Gasteiger partial charge in [0.15, 0.2) is 0 Å². The van der Waals surface area contributed by atoms with Crippen molar-refractivity contribution in [3.63, 3.8) is 0 Å². The van der Waals surface area contributed by atoms with Gasteiger partial charge in [0.1, 0.15) is 23.7 Å². The maximum Gasteiger partial charge on any atom is 0.230 e. The van der Waals surface area contributed by atoms with Crippen LogP contribution in [0.15, 0.2) is 91.0 Å². The molecule has 0 aromatic heterocycles. The average Bonchev–Trinajstić information content (AvgIpc) is 3.93. The lowest BCUT2D eigenvalue weighted by atomic mass is 9.64. The molecule has 8 nitrogen and oxygen atoms in total. The third kappa shape index (κ3) is 7.54. The van der Waals surface area contributed by atoms with Crippen LogP contribution in [0, 0.1) is 46.3 Å². The van der Waals surface area contributed by atoms with Crippen LogP contribution in [0.1, 0.15) is 95.0 Å². The van der Waals surface area contributed by atoms with Gasteiger partial charge in [-0.1, -0.05) is 42.5 Å². The van der Waals surface area contributed by atoms with Gasteiger partial charge in [0.05, 0.1) is 10.8 Å². The summed E-state index contributed by atoms with van der Waals surface area (Å²) in [6.45, 7) is 4.27. The topological polar surface area (TPSA) is 83.1 Å². The number of carbonyl (C=O) groups excluding carboxylic acids is 2. The van der Waals surface area contributed by atoms with E-state index in [1.165, 1.54) is 24.8 Å². The van der Waals surface area contributed by atoms with Gasteiger partial charge in [0.2, 0.25) is 11.8 Å². The van der Waals surface area contributed by atoms with Crippen molar-refractivity contribution in [3.05, 3.63) is 96.6 Å². The lowest BCUT2D eigenvalue weighted by Crippen LogP contribution is -2.41. The molecule has 4 aromatic carbocycles. The Morgan fingerprint density at radius 2 is 1.11 bits per heavy atom. The number of carbonyl (C=O) groups is 2. The summed E-state index contributed by atoms with van der Waals surface area (Å²) in [5.41, 5.74) is 7.04. The zero-order chi connectivity index (χ0) is 43.2. The molecule has 8 bridgehead atoms. The van der Waals surface area contributed by atoms with Crippen LogP contribution >= 0.6 is 0 Å². The summed E-state index contributed by atoms with van der Waals surface area (Å²) < 4.78 is 12.9. The zero-order valence-corrected chi connectivity index (χ0v) is 37.9. The first-order chi connectivity index (χ1) is 31.1. The summed E-state index contributed by atoms with van der Waals surface area (Å²) in [4.78, 5) is 33.7. The van der Waals surface area contributed by atoms with Gasteiger partial charge < -0.3 is 29.9 Å². The first-order valence-electron chi connectivity index (χ1n) is 24.9. The van der Waals surface area contributed by atoms with Gasteiger partial charge in [-0.3, -0.25) is 9.59 Å². The first kappa shape index (κ1) is 40.8. The van der Waals surface area contributed by atoms with Crippen molar-refractivity contribution in [2.75, 3.05) is 50.9 Å². The Hall–Kier alpha value is -4.66. The summed E-state index contributed by atoms with van der Waals surface area (Å²) in [5, 5.41) is 6.98. The van der Waals surface area contributed by atoms with E-state index in [-0.39, 0.29) is 34.9 Å². The number of piperidine rings is 2. The normalized spacial score (nSPS) is 33.2. The summed E-state index contributed by atoms with van der Waals surface area (Å²) >= 11 is 0. The molecule has 2 aliphatic heterocycles. The van der Waals surface area contributed by atoms with Crippen molar-refractivity contribution < 1.29 is 19.1 Å². The van der Waals surface area contributed by atoms with Crippen LogP contribution in [0.2, 0.25) is 0 Å². The fourth-order valence-electron chi connectivity index (χ4n) is 15.1. The predicted octanol–water partition coefficient (Wildman–Crippen LogP) is 10.9. The molecule has 0 spiro atoms. The van der Waals surface area contributed by atoms with Crippen LogP contribution in [0.25, 0.3) is 22.3 Å². The Bertz CT molecular complexity index is 2390. The highest BCUT2D eigenvalue weighted by Gasteiger charge is 2.63. The van der Waals surface area contributed by atoms with Gasteiger partial charge in [0.25, 0.3) is 0 Å². The fraction of sp³-hybridized carbons (Fsp3) is 0.536. The monoisotopic (exact) mass is 859 g/mol. The van der Waals surface area contributed by atoms with E-state index in [4.69, 9.17) is 9.47 Å². The minimum Gasteiger partial charge on any atom is -0.490 e. The summed E-state index contributed by atoms with van der Waals surface area (Å²) in [5.74, 6) is 6.26. The predicted molar refractivity (Wildman–Crippen MR) is 253 cm³/mol. The van der Waals surface area contributed by atoms with Gasteiger partial charge in [-0.05, 0) is 215 Å². The highest BCUT2D eigenvalue weighted by molar-refractivity contribution is 5.97. The van der Waals surface area contributed by atoms with Crippen molar-refractivity contribution in [1.29, 1.82) is 0 Å². The summed E-state index contributed by atoms with van der Waals surface area (Å²) in [6, 6.07) is 32.3. The molecule has 4 aromatic rings. The van der Waals surface area contributed by atoms with Gasteiger partial charge in [-0.25, -0.2) is 0 Å². The zero-order valence-electron chi connectivity index (χ0n) is 37.9. The van der Waals surface area contributed by atoms with E-state index in [0.717, 1.165) is 153 Å². The van der Waals surface area contributed by atoms with E-state index in [9.17, 15) is 9.59 Å². The summed E-state index contributed by atoms with van der Waals surface area (Å²) in [6.07, 6.45) is 14.5. The second-order valence-electron chi connectivity index (χ2n) is 22.2. The molecule has 7 unspecified atom stereocenters. The Balaban J connectivity index is 0.773. The van der Waals surface area contributed by atoms with Crippen LogP contribution in [0.4, 0.5) is 11.4 Å². The Labute approximate surface area is 379 Å². The number of rotatable bonds is 11. The van der Waals surface area contributed by atoms with Crippen molar-refractivity contribution in [2.24, 2.45) is 46.3 Å². The lowest BCUT2D eigenvalue weighted by Gasteiger charge is -2.41. The van der Waals surface area contributed by atoms with E-state index in [0.29, 0.717) is 23.7 Å². The van der Waals surface area contributed by atoms with E-state index < -0.39 is 0 Å². The number of hydrogen-bond donors (Lipinski definition) is 2. The quantitative estimate of drug-likeness (QED) is 0.156. The molecule has 2 heterocycles. The highest BCUT2D eigenvalue weighted by Crippen LogP contribution is 2.70. The van der Waals surface area contributed by atoms with Crippen LogP contribution in [-0.2, 0) is 9.59 Å². The molecule has 14 rings (SSSR count). The van der Waals surface area contributed by atoms with E-state index >= 15 is 0 Å². The van der Waals surface area contributed by atoms with E-state index in [1.54, 1.807) is 0 Å². The van der Waals surface area contributed by atoms with Gasteiger partial charge in [-0.15, -0.1) is 0 Å². The molecule has 2 saturated heterocycles. The lowest BCUT2D eigenvalue weighted by molar-refractivity contribution is -0.129. The molecule has 2 amide bonds. The SMILES string of the molecule is CN1CCC(Oc2ccc(-c3cccc(NC(=O)C45CC6CC(C4)C(c4cc(NC(=O)C78CC9CC(C7)C(C9)C8)cc(-c7cccc(OC8CCN(C)CC8)c7)c4)C6C5)c3)cc2)CC1. The van der Waals surface area contributed by atoms with Crippen molar-refractivity contribution >= 4 is 23.2 Å². The van der Waals surface area contributed by atoms with Crippen LogP contribution in [0.3, 0.4) is 0 Å². The molecule has 10 aliphatic rings. The standard InChI is InChI=1S/C56H66N4O4/c1-59-17-13-48(14-18-59)63-47-11-9-36(10-12-47)37-5-3-7-45(25-37)57-54(62)56-32-43-24-44(33-56)52(51(43)34-56)40-23-39(38-6-4-8-50(28-38)64-49-15-19-60(2)20-16-49)26-46(27-40)58-53(61)55-29-35-21-41(30-55)42(22-35)31-55/h3-12,23,25-28,35,41-44,48-49,51-52H,13-22,24,29-34H2,1-2H3,(H,57,62)(H,58,61). The number of likely N-dealkylation sites (tertiary alicyclic amines) is 2. The number of nitrogens with zero attached hydrogens (tertiary/aromatic N) is 2. The molecule has 64 heavy (non-hydrogen) atoms. The molecule has 334 valence electrons. The largest absolute Gasteiger partial charge is 0.490 e. The van der Waals surface area contributed by atoms with Gasteiger partial charge in [0, 0.05) is 37.6 Å². The van der Waals surface area contributed by atoms with E-state index in [2.05, 4.69) is 119 Å². The third-order valence-electron chi connectivity index (χ3n) is 18.0. The number of ether oxygens (including phenoxy) is 2. The second kappa shape index (κ2) is 16.0. The molecular weight excluding hydrogens is 793 g/mol. The molecular formula is C56H66N4O4. The van der Waals surface area contributed by atoms with Gasteiger partial charge in [-0.2, -0.15) is 0 Å². The minimum absolute atomic E-state index is 0.185. The smallest absolute Gasteiger partial charge is 0.230 e. The molecule has 10 fully saturated rings. The Morgan fingerprint density at radius 3 is 1.78 bits per heavy atom. The van der Waals surface area contributed by atoms with Crippen molar-refractivity contribution in [2.45, 2.75) is 102 Å².